The summed E-state index contributed by atoms with van der Waals surface area (Å²) >= 11 is 1.51. The van der Waals surface area contributed by atoms with Crippen LogP contribution in [-0.4, -0.2) is 81.5 Å². The number of carbonyl (C=O) groups is 1. The first-order chi connectivity index (χ1) is 17.3. The summed E-state index contributed by atoms with van der Waals surface area (Å²) in [7, 11) is -0.670. The highest BCUT2D eigenvalue weighted by Gasteiger charge is 2.41. The van der Waals surface area contributed by atoms with Gasteiger partial charge in [0.1, 0.15) is 33.6 Å². The molecule has 1 atom stereocenters. The maximum atomic E-state index is 13.4. The third-order valence-electron chi connectivity index (χ3n) is 6.67. The van der Waals surface area contributed by atoms with E-state index in [9.17, 15) is 17.6 Å². The lowest BCUT2D eigenvalue weighted by Crippen LogP contribution is -2.54. The lowest BCUT2D eigenvalue weighted by molar-refractivity contribution is -0.134. The van der Waals surface area contributed by atoms with Crippen LogP contribution in [-0.2, 0) is 14.8 Å². The number of amides is 1. The second kappa shape index (κ2) is 9.83. The van der Waals surface area contributed by atoms with Gasteiger partial charge in [0.15, 0.2) is 5.13 Å². The summed E-state index contributed by atoms with van der Waals surface area (Å²) in [5.41, 5.74) is 0.739. The van der Waals surface area contributed by atoms with E-state index >= 15 is 0 Å². The second-order valence-corrected chi connectivity index (χ2v) is 11.6. The van der Waals surface area contributed by atoms with E-state index in [0.717, 1.165) is 33.2 Å². The van der Waals surface area contributed by atoms with Gasteiger partial charge in [-0.15, -0.1) is 0 Å². The molecule has 2 aliphatic heterocycles. The van der Waals surface area contributed by atoms with Crippen molar-refractivity contribution in [2.24, 2.45) is 0 Å². The number of methoxy groups -OCH3 is 2. The molecule has 9 nitrogen and oxygen atoms in total. The first kappa shape index (κ1) is 24.7. The average molecular weight is 535 g/mol. The topological polar surface area (TPSA) is 92.3 Å². The molecule has 1 aromatic heterocycles. The molecule has 1 unspecified atom stereocenters. The molecule has 2 fully saturated rings. The summed E-state index contributed by atoms with van der Waals surface area (Å²) in [5, 5.41) is 0.821. The number of benzene rings is 2. The highest BCUT2D eigenvalue weighted by atomic mass is 32.2. The summed E-state index contributed by atoms with van der Waals surface area (Å²) < 4.78 is 52.7. The van der Waals surface area contributed by atoms with Crippen molar-refractivity contribution in [3.05, 3.63) is 42.2 Å². The van der Waals surface area contributed by atoms with Crippen molar-refractivity contribution in [1.82, 2.24) is 14.2 Å². The van der Waals surface area contributed by atoms with Crippen molar-refractivity contribution in [3.8, 4) is 11.5 Å². The van der Waals surface area contributed by atoms with E-state index in [2.05, 4.69) is 4.90 Å². The summed E-state index contributed by atoms with van der Waals surface area (Å²) in [6.07, 6.45) is 1.07. The van der Waals surface area contributed by atoms with Gasteiger partial charge in [-0.05, 0) is 49.2 Å². The molecule has 1 amide bonds. The van der Waals surface area contributed by atoms with Crippen LogP contribution in [0.5, 0.6) is 11.5 Å². The van der Waals surface area contributed by atoms with E-state index in [0.29, 0.717) is 44.8 Å². The van der Waals surface area contributed by atoms with Gasteiger partial charge in [0.2, 0.25) is 15.9 Å². The Kier molecular flexibility index (Phi) is 6.75. The molecular weight excluding hydrogens is 507 g/mol. The zero-order valence-corrected chi connectivity index (χ0v) is 21.6. The maximum Gasteiger partial charge on any atom is 0.243 e. The molecule has 2 aromatic carbocycles. The van der Waals surface area contributed by atoms with E-state index in [1.165, 1.54) is 27.8 Å². The van der Waals surface area contributed by atoms with E-state index in [4.69, 9.17) is 14.5 Å². The molecule has 0 bridgehead atoms. The van der Waals surface area contributed by atoms with Crippen LogP contribution in [0, 0.1) is 5.82 Å². The predicted octanol–water partition coefficient (Wildman–Crippen LogP) is 2.95. The normalized spacial score (nSPS) is 19.1. The number of thiazole rings is 1. The number of ether oxygens (including phenoxy) is 2. The number of hydrogen-bond acceptors (Lipinski definition) is 8. The molecule has 12 heteroatoms. The van der Waals surface area contributed by atoms with Crippen LogP contribution < -0.4 is 14.4 Å². The van der Waals surface area contributed by atoms with Crippen LogP contribution in [0.1, 0.15) is 12.8 Å². The van der Waals surface area contributed by atoms with Gasteiger partial charge in [0.25, 0.3) is 0 Å². The number of halogens is 1. The number of carbonyl (C=O) groups excluding carboxylic acids is 1. The molecule has 3 heterocycles. The molecule has 2 saturated heterocycles. The van der Waals surface area contributed by atoms with Gasteiger partial charge in [-0.25, -0.2) is 17.8 Å². The quantitative estimate of drug-likeness (QED) is 0.480. The molecule has 192 valence electrons. The molecule has 0 radical (unpaired) electrons. The number of sulfonamides is 1. The van der Waals surface area contributed by atoms with Gasteiger partial charge < -0.3 is 19.3 Å². The highest BCUT2D eigenvalue weighted by Crippen LogP contribution is 2.40. The van der Waals surface area contributed by atoms with Crippen molar-refractivity contribution in [2.45, 2.75) is 23.8 Å². The Morgan fingerprint density at radius 1 is 1.00 bits per heavy atom. The fourth-order valence-corrected chi connectivity index (χ4v) is 7.53. The summed E-state index contributed by atoms with van der Waals surface area (Å²) in [5.74, 6) is 0.703. The predicted molar refractivity (Wildman–Crippen MR) is 135 cm³/mol. The fourth-order valence-electron chi connectivity index (χ4n) is 4.76. The highest BCUT2D eigenvalue weighted by molar-refractivity contribution is 7.89. The standard InChI is InChI=1S/C24H27FN4O5S2/c1-33-19-9-10-20(34-2)22-21(19)26-24(35-22)28-14-12-27(13-15-28)23(30)18-4-3-11-29(18)36(31,32)17-7-5-16(25)6-8-17/h5-10,18H,3-4,11-15H2,1-2H3. The van der Waals surface area contributed by atoms with Crippen LogP contribution in [0.25, 0.3) is 10.2 Å². The Bertz CT molecular complexity index is 1330. The van der Waals surface area contributed by atoms with E-state index in [-0.39, 0.29) is 17.3 Å². The van der Waals surface area contributed by atoms with Gasteiger partial charge in [-0.1, -0.05) is 11.3 Å². The smallest absolute Gasteiger partial charge is 0.243 e. The molecule has 36 heavy (non-hydrogen) atoms. The lowest BCUT2D eigenvalue weighted by atomic mass is 10.2. The number of piperazine rings is 1. The Balaban J connectivity index is 1.29. The Labute approximate surface area is 213 Å². The van der Waals surface area contributed by atoms with E-state index < -0.39 is 21.9 Å². The molecule has 2 aliphatic rings. The van der Waals surface area contributed by atoms with E-state index in [1.54, 1.807) is 19.1 Å². The average Bonchev–Trinajstić information content (AvgIpc) is 3.57. The zero-order valence-electron chi connectivity index (χ0n) is 20.0. The van der Waals surface area contributed by atoms with Gasteiger partial charge in [0, 0.05) is 32.7 Å². The molecule has 0 spiro atoms. The van der Waals surface area contributed by atoms with Crippen LogP contribution in [0.4, 0.5) is 9.52 Å². The van der Waals surface area contributed by atoms with Gasteiger partial charge >= 0.3 is 0 Å². The summed E-state index contributed by atoms with van der Waals surface area (Å²) in [6.45, 7) is 2.35. The van der Waals surface area contributed by atoms with E-state index in [1.807, 2.05) is 12.1 Å². The Morgan fingerprint density at radius 3 is 2.33 bits per heavy atom. The molecule has 0 N–H and O–H groups in total. The minimum atomic E-state index is -3.89. The minimum Gasteiger partial charge on any atom is -0.495 e. The van der Waals surface area contributed by atoms with Crippen LogP contribution in [0.3, 0.4) is 0 Å². The summed E-state index contributed by atoms with van der Waals surface area (Å²) in [6, 6.07) is 7.65. The maximum absolute atomic E-state index is 13.4. The number of hydrogen-bond donors (Lipinski definition) is 0. The monoisotopic (exact) mass is 534 g/mol. The first-order valence-corrected chi connectivity index (χ1v) is 13.9. The van der Waals surface area contributed by atoms with Crippen molar-refractivity contribution in [1.29, 1.82) is 0 Å². The van der Waals surface area contributed by atoms with Crippen LogP contribution in [0.2, 0.25) is 0 Å². The van der Waals surface area contributed by atoms with Crippen molar-refractivity contribution >= 4 is 42.6 Å². The Hall–Kier alpha value is -2.96. The SMILES string of the molecule is COc1ccc(OC)c2sc(N3CCN(C(=O)C4CCCN4S(=O)(=O)c4ccc(F)cc4)CC3)nc12. The van der Waals surface area contributed by atoms with Crippen molar-refractivity contribution in [3.63, 3.8) is 0 Å². The zero-order chi connectivity index (χ0) is 25.4. The molecular formula is C24H27FN4O5S2. The molecule has 3 aromatic rings. The first-order valence-electron chi connectivity index (χ1n) is 11.7. The number of aromatic nitrogens is 1. The van der Waals surface area contributed by atoms with Gasteiger partial charge in [-0.3, -0.25) is 4.79 Å². The minimum absolute atomic E-state index is 0.00453. The molecule has 0 saturated carbocycles. The van der Waals surface area contributed by atoms with Crippen molar-refractivity contribution in [2.75, 3.05) is 51.8 Å². The number of rotatable bonds is 6. The second-order valence-electron chi connectivity index (χ2n) is 8.68. The molecule has 5 rings (SSSR count). The Morgan fingerprint density at radius 2 is 1.67 bits per heavy atom. The number of nitrogens with zero attached hydrogens (tertiary/aromatic N) is 4. The third-order valence-corrected chi connectivity index (χ3v) is 9.72. The van der Waals surface area contributed by atoms with Gasteiger partial charge in [-0.2, -0.15) is 4.31 Å². The lowest BCUT2D eigenvalue weighted by Gasteiger charge is -2.37. The van der Waals surface area contributed by atoms with Crippen LogP contribution >= 0.6 is 11.3 Å². The van der Waals surface area contributed by atoms with Crippen LogP contribution in [0.15, 0.2) is 41.3 Å². The van der Waals surface area contributed by atoms with Crippen molar-refractivity contribution < 1.29 is 27.1 Å². The van der Waals surface area contributed by atoms with Gasteiger partial charge in [0.05, 0.1) is 19.1 Å². The molecule has 0 aliphatic carbocycles. The number of fused-ring (bicyclic) bond motifs is 1. The largest absolute Gasteiger partial charge is 0.495 e. The fraction of sp³-hybridized carbons (Fsp3) is 0.417. The third kappa shape index (κ3) is 4.37. The summed E-state index contributed by atoms with van der Waals surface area (Å²) in [4.78, 5) is 22.0. The number of anilines is 1.